The van der Waals surface area contributed by atoms with Gasteiger partial charge >= 0.3 is 5.97 Å². The van der Waals surface area contributed by atoms with Crippen LogP contribution in [-0.2, 0) is 16.6 Å². The molecule has 0 bridgehead atoms. The van der Waals surface area contributed by atoms with Crippen LogP contribution in [0.5, 0.6) is 0 Å². The van der Waals surface area contributed by atoms with Crippen LogP contribution >= 0.6 is 11.8 Å². The average Bonchev–Trinajstić information content (AvgIpc) is 2.67. The first kappa shape index (κ1) is 11.5. The summed E-state index contributed by atoms with van der Waals surface area (Å²) in [7, 11) is 0. The maximum atomic E-state index is 10.6. The van der Waals surface area contributed by atoms with E-state index in [0.29, 0.717) is 5.82 Å². The van der Waals surface area contributed by atoms with Gasteiger partial charge in [-0.3, -0.25) is 4.79 Å². The van der Waals surface area contributed by atoms with Gasteiger partial charge < -0.3 is 10.1 Å². The largest absolute Gasteiger partial charge is 0.481 e. The van der Waals surface area contributed by atoms with Crippen LogP contribution in [0.15, 0.2) is 6.20 Å². The van der Waals surface area contributed by atoms with E-state index in [-0.39, 0.29) is 11.8 Å². The molecule has 0 amide bonds. The van der Waals surface area contributed by atoms with Crippen molar-refractivity contribution < 1.29 is 9.90 Å². The summed E-state index contributed by atoms with van der Waals surface area (Å²) in [5, 5.41) is 8.69. The second kappa shape index (κ2) is 4.49. The minimum absolute atomic E-state index is 0.0230. The summed E-state index contributed by atoms with van der Waals surface area (Å²) in [6, 6.07) is 0. The molecule has 0 aromatic carbocycles. The highest BCUT2D eigenvalue weighted by Crippen LogP contribution is 2.36. The number of H-pyrrole nitrogens is 1. The number of carboxylic acids is 1. The van der Waals surface area contributed by atoms with Gasteiger partial charge in [0.05, 0.1) is 0 Å². The minimum atomic E-state index is -0.842. The smallest absolute Gasteiger partial charge is 0.311 e. The number of carboxylic acid groups (broad SMARTS) is 1. The van der Waals surface area contributed by atoms with Gasteiger partial charge in [-0.15, -0.1) is 0 Å². The van der Waals surface area contributed by atoms with E-state index < -0.39 is 5.97 Å². The van der Waals surface area contributed by atoms with Gasteiger partial charge in [-0.1, -0.05) is 6.92 Å². The van der Waals surface area contributed by atoms with Crippen molar-refractivity contribution >= 4 is 17.7 Å². The van der Waals surface area contributed by atoms with Gasteiger partial charge in [0.1, 0.15) is 12.2 Å². The molecule has 1 aliphatic rings. The molecule has 2 rings (SSSR count). The van der Waals surface area contributed by atoms with Gasteiger partial charge in [0.15, 0.2) is 0 Å². The summed E-state index contributed by atoms with van der Waals surface area (Å²) < 4.78 is 0. The molecule has 2 heterocycles. The molecule has 1 aromatic rings. The molecule has 1 fully saturated rings. The molecule has 0 unspecified atom stereocenters. The third-order valence-electron chi connectivity index (χ3n) is 3.19. The average molecular weight is 240 g/mol. The molecule has 0 aliphatic carbocycles. The number of nitrogens with zero attached hydrogens (tertiary/aromatic N) is 1. The number of aliphatic carboxylic acids is 1. The van der Waals surface area contributed by atoms with Crippen LogP contribution in [0.4, 0.5) is 0 Å². The van der Waals surface area contributed by atoms with Crippen molar-refractivity contribution in [1.82, 2.24) is 9.97 Å². The molecule has 0 radical (unpaired) electrons. The number of nitrogens with one attached hydrogen (secondary N) is 1. The highest BCUT2D eigenvalue weighted by atomic mass is 32.2. The lowest BCUT2D eigenvalue weighted by molar-refractivity contribution is -0.136. The van der Waals surface area contributed by atoms with Crippen molar-refractivity contribution in [1.29, 1.82) is 0 Å². The van der Waals surface area contributed by atoms with Crippen molar-refractivity contribution in [3.63, 3.8) is 0 Å². The maximum absolute atomic E-state index is 10.6. The number of thioether (sulfide) groups is 1. The fraction of sp³-hybridized carbons (Fsp3) is 0.636. The van der Waals surface area contributed by atoms with Gasteiger partial charge in [-0.25, -0.2) is 4.98 Å². The molecule has 1 saturated heterocycles. The maximum Gasteiger partial charge on any atom is 0.311 e. The van der Waals surface area contributed by atoms with Gasteiger partial charge in [-0.05, 0) is 24.3 Å². The van der Waals surface area contributed by atoms with Crippen LogP contribution in [0, 0.1) is 0 Å². The van der Waals surface area contributed by atoms with Gasteiger partial charge in [0, 0.05) is 17.3 Å². The molecule has 16 heavy (non-hydrogen) atoms. The Morgan fingerprint density at radius 2 is 2.31 bits per heavy atom. The van der Waals surface area contributed by atoms with Crippen molar-refractivity contribution in [2.45, 2.75) is 31.6 Å². The summed E-state index contributed by atoms with van der Waals surface area (Å²) in [6.07, 6.45) is 4.04. The van der Waals surface area contributed by atoms with E-state index >= 15 is 0 Å². The summed E-state index contributed by atoms with van der Waals surface area (Å²) in [5.74, 6) is 2.06. The summed E-state index contributed by atoms with van der Waals surface area (Å²) in [5.41, 5.74) is 1.23. The predicted octanol–water partition coefficient (Wildman–Crippen LogP) is 1.82. The quantitative estimate of drug-likeness (QED) is 0.845. The number of aromatic nitrogens is 2. The Morgan fingerprint density at radius 3 is 2.94 bits per heavy atom. The zero-order valence-electron chi connectivity index (χ0n) is 9.32. The molecular weight excluding hydrogens is 224 g/mol. The zero-order chi connectivity index (χ0) is 11.6. The molecule has 4 nitrogen and oxygen atoms in total. The molecule has 2 N–H and O–H groups in total. The lowest BCUT2D eigenvalue weighted by atomic mass is 9.81. The standard InChI is InChI=1S/C11H16N2O2S/c1-11(2-4-16-5-3-11)8-7-12-9(13-8)6-10(14)15/h7H,2-6H2,1H3,(H,12,13)(H,14,15). The molecule has 0 spiro atoms. The normalized spacial score (nSPS) is 19.6. The number of hydrogen-bond donors (Lipinski definition) is 2. The first-order valence-corrected chi connectivity index (χ1v) is 6.59. The van der Waals surface area contributed by atoms with Crippen LogP contribution in [0.25, 0.3) is 0 Å². The molecular formula is C11H16N2O2S. The van der Waals surface area contributed by atoms with Crippen LogP contribution < -0.4 is 0 Å². The van der Waals surface area contributed by atoms with Crippen LogP contribution in [0.3, 0.4) is 0 Å². The topological polar surface area (TPSA) is 66.0 Å². The molecule has 5 heteroatoms. The zero-order valence-corrected chi connectivity index (χ0v) is 10.1. The fourth-order valence-corrected chi connectivity index (χ4v) is 3.39. The lowest BCUT2D eigenvalue weighted by Gasteiger charge is -2.32. The fourth-order valence-electron chi connectivity index (χ4n) is 1.99. The predicted molar refractivity (Wildman–Crippen MR) is 63.8 cm³/mol. The van der Waals surface area contributed by atoms with E-state index in [1.165, 1.54) is 11.5 Å². The highest BCUT2D eigenvalue weighted by Gasteiger charge is 2.30. The van der Waals surface area contributed by atoms with Gasteiger partial charge in [-0.2, -0.15) is 11.8 Å². The number of rotatable bonds is 3. The van der Waals surface area contributed by atoms with E-state index in [0.717, 1.165) is 18.5 Å². The Bertz CT molecular complexity index is 383. The van der Waals surface area contributed by atoms with Crippen molar-refractivity contribution in [3.05, 3.63) is 17.7 Å². The SMILES string of the molecule is CC1(c2cnc(CC(=O)O)[nH]2)CCSCC1. The molecule has 0 atom stereocenters. The summed E-state index contributed by atoms with van der Waals surface area (Å²) in [6.45, 7) is 2.23. The van der Waals surface area contributed by atoms with Crippen LogP contribution in [0.2, 0.25) is 0 Å². The number of imidazole rings is 1. The van der Waals surface area contributed by atoms with Crippen molar-refractivity contribution in [2.75, 3.05) is 11.5 Å². The third kappa shape index (κ3) is 2.40. The second-order valence-electron chi connectivity index (χ2n) is 4.49. The Balaban J connectivity index is 2.13. The van der Waals surface area contributed by atoms with E-state index in [2.05, 4.69) is 16.9 Å². The monoisotopic (exact) mass is 240 g/mol. The number of aromatic amines is 1. The lowest BCUT2D eigenvalue weighted by Crippen LogP contribution is -2.27. The Morgan fingerprint density at radius 1 is 1.62 bits per heavy atom. The van der Waals surface area contributed by atoms with Crippen molar-refractivity contribution in [2.24, 2.45) is 0 Å². The third-order valence-corrected chi connectivity index (χ3v) is 4.18. The first-order chi connectivity index (χ1) is 7.60. The van der Waals surface area contributed by atoms with Gasteiger partial charge in [0.25, 0.3) is 0 Å². The summed E-state index contributed by atoms with van der Waals surface area (Å²) in [4.78, 5) is 17.9. The van der Waals surface area contributed by atoms with E-state index in [1.807, 2.05) is 11.8 Å². The summed E-state index contributed by atoms with van der Waals surface area (Å²) >= 11 is 1.98. The van der Waals surface area contributed by atoms with E-state index in [4.69, 9.17) is 5.11 Å². The number of hydrogen-bond acceptors (Lipinski definition) is 3. The Hall–Kier alpha value is -0.970. The van der Waals surface area contributed by atoms with E-state index in [1.54, 1.807) is 6.20 Å². The van der Waals surface area contributed by atoms with Gasteiger partial charge in [0.2, 0.25) is 0 Å². The van der Waals surface area contributed by atoms with Crippen LogP contribution in [0.1, 0.15) is 31.3 Å². The Labute approximate surface area is 98.9 Å². The minimum Gasteiger partial charge on any atom is -0.481 e. The highest BCUT2D eigenvalue weighted by molar-refractivity contribution is 7.99. The Kier molecular flexibility index (Phi) is 3.23. The van der Waals surface area contributed by atoms with Crippen LogP contribution in [-0.4, -0.2) is 32.5 Å². The second-order valence-corrected chi connectivity index (χ2v) is 5.71. The van der Waals surface area contributed by atoms with E-state index in [9.17, 15) is 4.79 Å². The molecule has 1 aliphatic heterocycles. The molecule has 1 aromatic heterocycles. The first-order valence-electron chi connectivity index (χ1n) is 5.44. The molecule has 0 saturated carbocycles. The van der Waals surface area contributed by atoms with Crippen molar-refractivity contribution in [3.8, 4) is 0 Å². The molecule has 88 valence electrons. The number of carbonyl (C=O) groups is 1.